The van der Waals surface area contributed by atoms with Gasteiger partial charge in [0.25, 0.3) is 0 Å². The van der Waals surface area contributed by atoms with E-state index >= 15 is 0 Å². The zero-order chi connectivity index (χ0) is 17.7. The minimum absolute atomic E-state index is 0.0106. The molecule has 0 atom stereocenters. The summed E-state index contributed by atoms with van der Waals surface area (Å²) in [6.45, 7) is 4.10. The topological polar surface area (TPSA) is 76.7 Å². The number of amidine groups is 1. The number of benzene rings is 1. The van der Waals surface area contributed by atoms with Crippen molar-refractivity contribution in [2.75, 3.05) is 7.11 Å². The molecular weight excluding hydrogens is 333 g/mol. The van der Waals surface area contributed by atoms with E-state index in [1.54, 1.807) is 12.1 Å². The van der Waals surface area contributed by atoms with E-state index in [1.165, 1.54) is 19.2 Å². The highest BCUT2D eigenvalue weighted by molar-refractivity contribution is 6.44. The van der Waals surface area contributed by atoms with Gasteiger partial charge in [-0.1, -0.05) is 30.3 Å². The number of nitrogens with two attached hydrogens (primary N) is 1. The summed E-state index contributed by atoms with van der Waals surface area (Å²) < 4.78 is 17.6. The van der Waals surface area contributed by atoms with Crippen LogP contribution in [-0.4, -0.2) is 18.9 Å². The van der Waals surface area contributed by atoms with Gasteiger partial charge in [0.05, 0.1) is 13.7 Å². The van der Waals surface area contributed by atoms with Crippen LogP contribution in [0.25, 0.3) is 0 Å². The Bertz CT molecular complexity index is 694. The van der Waals surface area contributed by atoms with Crippen molar-refractivity contribution in [3.05, 3.63) is 58.7 Å². The fourth-order valence-corrected chi connectivity index (χ4v) is 2.14. The molecule has 0 bridgehead atoms. The smallest absolute Gasteiger partial charge is 0.356 e. The molecule has 128 valence electrons. The van der Waals surface area contributed by atoms with Crippen molar-refractivity contribution in [1.82, 2.24) is 5.32 Å². The number of nitrogens with one attached hydrogen (secondary N) is 1. The minimum atomic E-state index is -0.651. The monoisotopic (exact) mass is 351 g/mol. The van der Waals surface area contributed by atoms with Crippen LogP contribution in [0.3, 0.4) is 0 Å². The fourth-order valence-electron chi connectivity index (χ4n) is 1.96. The van der Waals surface area contributed by atoms with Crippen molar-refractivity contribution in [3.8, 4) is 0 Å². The second-order valence-corrected chi connectivity index (χ2v) is 5.81. The van der Waals surface area contributed by atoms with Crippen LogP contribution in [-0.2, 0) is 16.1 Å². The van der Waals surface area contributed by atoms with Crippen LogP contribution in [0, 0.1) is 11.7 Å². The first kappa shape index (κ1) is 18.0. The Kier molecular flexibility index (Phi) is 5.98. The molecule has 0 heterocycles. The Morgan fingerprint density at radius 1 is 1.46 bits per heavy atom. The molecule has 0 aliphatic heterocycles. The van der Waals surface area contributed by atoms with Crippen molar-refractivity contribution < 1.29 is 13.9 Å². The van der Waals surface area contributed by atoms with Crippen LogP contribution in [0.5, 0.6) is 0 Å². The molecule has 24 heavy (non-hydrogen) atoms. The Hall–Kier alpha value is -2.34. The first-order valence-corrected chi connectivity index (χ1v) is 7.78. The molecule has 5 nitrogen and oxygen atoms in total. The summed E-state index contributed by atoms with van der Waals surface area (Å²) in [5, 5.41) is 2.85. The molecule has 0 spiro atoms. The van der Waals surface area contributed by atoms with Gasteiger partial charge in [0.2, 0.25) is 0 Å². The van der Waals surface area contributed by atoms with Crippen LogP contribution >= 0.6 is 11.6 Å². The Labute approximate surface area is 145 Å². The lowest BCUT2D eigenvalue weighted by Gasteiger charge is -2.13. The van der Waals surface area contributed by atoms with E-state index in [0.717, 1.165) is 18.4 Å². The number of esters is 1. The zero-order valence-corrected chi connectivity index (χ0v) is 14.1. The Balaban J connectivity index is 2.16. The summed E-state index contributed by atoms with van der Waals surface area (Å²) in [7, 11) is 1.25. The molecule has 3 N–H and O–H groups in total. The van der Waals surface area contributed by atoms with Crippen molar-refractivity contribution in [2.45, 2.75) is 19.4 Å². The average molecular weight is 352 g/mol. The Morgan fingerprint density at radius 2 is 2.08 bits per heavy atom. The maximum absolute atomic E-state index is 12.9. The number of ether oxygens (including phenoxy) is 1. The van der Waals surface area contributed by atoms with Crippen molar-refractivity contribution >= 4 is 23.4 Å². The molecular formula is C17H19ClFN3O2. The predicted molar refractivity (Wildman–Crippen MR) is 91.6 cm³/mol. The van der Waals surface area contributed by atoms with Gasteiger partial charge in [-0.3, -0.25) is 4.99 Å². The maximum atomic E-state index is 12.9. The number of nitrogens with zero attached hydrogens (tertiary/aromatic N) is 1. The van der Waals surface area contributed by atoms with Crippen molar-refractivity contribution in [3.63, 3.8) is 0 Å². The highest BCUT2D eigenvalue weighted by atomic mass is 35.5. The summed E-state index contributed by atoms with van der Waals surface area (Å²) in [5.41, 5.74) is 7.33. The number of halogens is 2. The van der Waals surface area contributed by atoms with E-state index in [-0.39, 0.29) is 28.9 Å². The fraction of sp³-hybridized carbons (Fsp3) is 0.294. The number of hydrogen-bond acceptors (Lipinski definition) is 4. The van der Waals surface area contributed by atoms with Gasteiger partial charge in [-0.05, 0) is 36.5 Å². The second kappa shape index (κ2) is 7.97. The summed E-state index contributed by atoms with van der Waals surface area (Å²) in [5.74, 6) is -0.671. The largest absolute Gasteiger partial charge is 0.464 e. The third-order valence-electron chi connectivity index (χ3n) is 3.53. The summed E-state index contributed by atoms with van der Waals surface area (Å²) in [4.78, 5) is 16.1. The highest BCUT2D eigenvalue weighted by Gasteiger charge is 2.27. The number of aliphatic imine (C=N–C) groups is 1. The molecule has 0 radical (unpaired) electrons. The number of carbonyl (C=O) groups is 1. The van der Waals surface area contributed by atoms with Crippen LogP contribution in [0.4, 0.5) is 4.39 Å². The molecule has 1 fully saturated rings. The van der Waals surface area contributed by atoms with E-state index in [4.69, 9.17) is 22.1 Å². The van der Waals surface area contributed by atoms with E-state index in [0.29, 0.717) is 11.6 Å². The molecule has 2 rings (SSSR count). The second-order valence-electron chi connectivity index (χ2n) is 5.43. The van der Waals surface area contributed by atoms with E-state index in [2.05, 4.69) is 16.9 Å². The lowest BCUT2D eigenvalue weighted by Crippen LogP contribution is -2.27. The SMILES string of the molecule is C=C(NC(C(=O)OC)=C(Cl)C(N)=NCc1ccc(F)cc1)C1CC1. The molecule has 0 aromatic heterocycles. The highest BCUT2D eigenvalue weighted by Crippen LogP contribution is 2.34. The van der Waals surface area contributed by atoms with Gasteiger partial charge < -0.3 is 15.8 Å². The maximum Gasteiger partial charge on any atom is 0.356 e. The van der Waals surface area contributed by atoms with E-state index in [9.17, 15) is 9.18 Å². The number of carbonyl (C=O) groups excluding carboxylic acids is 1. The molecule has 0 saturated heterocycles. The Morgan fingerprint density at radius 3 is 2.62 bits per heavy atom. The van der Waals surface area contributed by atoms with Gasteiger partial charge in [0, 0.05) is 5.70 Å². The van der Waals surface area contributed by atoms with Gasteiger partial charge in [0.1, 0.15) is 22.4 Å². The standard InChI is InChI=1S/C17H19ClFN3O2/c1-10(12-5-6-12)22-15(17(23)24-2)14(18)16(20)21-9-11-3-7-13(19)8-4-11/h3-4,7-8,12,22H,1,5-6,9H2,2H3,(H2,20,21). The number of hydrogen-bond donors (Lipinski definition) is 2. The number of methoxy groups -OCH3 is 1. The van der Waals surface area contributed by atoms with Crippen LogP contribution in [0.1, 0.15) is 18.4 Å². The third-order valence-corrected chi connectivity index (χ3v) is 3.92. The molecule has 1 aromatic carbocycles. The normalized spacial score (nSPS) is 15.5. The predicted octanol–water partition coefficient (Wildman–Crippen LogP) is 2.82. The summed E-state index contributed by atoms with van der Waals surface area (Å²) in [6.07, 6.45) is 2.04. The number of rotatable bonds is 7. The summed E-state index contributed by atoms with van der Waals surface area (Å²) in [6, 6.07) is 5.86. The third kappa shape index (κ3) is 4.83. The van der Waals surface area contributed by atoms with Crippen molar-refractivity contribution in [2.24, 2.45) is 16.6 Å². The molecule has 1 aliphatic carbocycles. The van der Waals surface area contributed by atoms with Gasteiger partial charge in [-0.15, -0.1) is 0 Å². The van der Waals surface area contributed by atoms with E-state index in [1.807, 2.05) is 0 Å². The first-order valence-electron chi connectivity index (χ1n) is 7.41. The minimum Gasteiger partial charge on any atom is -0.464 e. The average Bonchev–Trinajstić information content (AvgIpc) is 3.42. The first-order chi connectivity index (χ1) is 11.4. The van der Waals surface area contributed by atoms with Crippen molar-refractivity contribution in [1.29, 1.82) is 0 Å². The van der Waals surface area contributed by atoms with Crippen LogP contribution in [0.2, 0.25) is 0 Å². The molecule has 0 amide bonds. The van der Waals surface area contributed by atoms with Gasteiger partial charge in [-0.2, -0.15) is 0 Å². The van der Waals surface area contributed by atoms with Crippen LogP contribution in [0.15, 0.2) is 52.3 Å². The molecule has 1 aromatic rings. The van der Waals surface area contributed by atoms with Crippen LogP contribution < -0.4 is 11.1 Å². The zero-order valence-electron chi connectivity index (χ0n) is 13.3. The van der Waals surface area contributed by atoms with Gasteiger partial charge in [0.15, 0.2) is 0 Å². The molecule has 7 heteroatoms. The molecule has 0 unspecified atom stereocenters. The van der Waals surface area contributed by atoms with Gasteiger partial charge in [-0.25, -0.2) is 9.18 Å². The molecule has 1 aliphatic rings. The lowest BCUT2D eigenvalue weighted by molar-refractivity contribution is -0.136. The quantitative estimate of drug-likeness (QED) is 0.343. The van der Waals surface area contributed by atoms with Gasteiger partial charge >= 0.3 is 5.97 Å². The lowest BCUT2D eigenvalue weighted by atomic mass is 10.2. The summed E-state index contributed by atoms with van der Waals surface area (Å²) >= 11 is 6.19. The number of allylic oxidation sites excluding steroid dienone is 1. The molecule has 1 saturated carbocycles. The van der Waals surface area contributed by atoms with E-state index < -0.39 is 5.97 Å².